The minimum Gasteiger partial charge on any atom is -0.468 e. The van der Waals surface area contributed by atoms with Gasteiger partial charge in [-0.1, -0.05) is 13.0 Å². The first-order valence-corrected chi connectivity index (χ1v) is 26.3. The van der Waals surface area contributed by atoms with Crippen LogP contribution in [0.4, 0.5) is 24.7 Å². The van der Waals surface area contributed by atoms with Crippen LogP contribution in [-0.4, -0.2) is 148 Å². The number of imide groups is 1. The number of aliphatic hydroxyl groups is 1. The highest BCUT2D eigenvalue weighted by molar-refractivity contribution is 6.02. The summed E-state index contributed by atoms with van der Waals surface area (Å²) < 4.78 is 69.9. The summed E-state index contributed by atoms with van der Waals surface area (Å²) >= 11 is 0. The zero-order valence-electron chi connectivity index (χ0n) is 43.1. The van der Waals surface area contributed by atoms with Crippen LogP contribution in [0.3, 0.4) is 0 Å². The number of carbonyl (C=O) groups is 2. The van der Waals surface area contributed by atoms with Crippen LogP contribution in [0.5, 0.6) is 11.8 Å². The van der Waals surface area contributed by atoms with Crippen molar-refractivity contribution in [2.75, 3.05) is 95.8 Å². The average Bonchev–Trinajstić information content (AvgIpc) is 4.13. The fraction of sp³-hybridized carbons (Fsp3) is 0.527. The van der Waals surface area contributed by atoms with Gasteiger partial charge in [-0.3, -0.25) is 33.9 Å². The molecule has 0 bridgehead atoms. The van der Waals surface area contributed by atoms with Crippen LogP contribution in [-0.2, 0) is 27.8 Å². The van der Waals surface area contributed by atoms with Gasteiger partial charge >= 0.3 is 11.7 Å². The Bertz CT molecular complexity index is 3250. The first-order valence-electron chi connectivity index (χ1n) is 26.3. The molecule has 75 heavy (non-hydrogen) atoms. The number of piperidine rings is 3. The molecule has 4 saturated heterocycles. The Labute approximate surface area is 432 Å². The number of imidazole rings is 1. The van der Waals surface area contributed by atoms with E-state index in [0.29, 0.717) is 134 Å². The van der Waals surface area contributed by atoms with Crippen LogP contribution in [0.15, 0.2) is 53.5 Å². The highest BCUT2D eigenvalue weighted by atomic mass is 19.1. The van der Waals surface area contributed by atoms with Crippen LogP contribution < -0.4 is 30.3 Å². The predicted octanol–water partition coefficient (Wildman–Crippen LogP) is 6.44. The molecule has 7 heterocycles. The normalized spacial score (nSPS) is 22.3. The van der Waals surface area contributed by atoms with E-state index >= 15 is 13.2 Å². The lowest BCUT2D eigenvalue weighted by Crippen LogP contribution is -2.54. The summed E-state index contributed by atoms with van der Waals surface area (Å²) in [6.45, 7) is 9.77. The summed E-state index contributed by atoms with van der Waals surface area (Å²) in [7, 11) is 3.19. The third kappa shape index (κ3) is 10.0. The van der Waals surface area contributed by atoms with E-state index in [0.717, 1.165) is 25.1 Å². The van der Waals surface area contributed by atoms with Gasteiger partial charge in [0.05, 0.1) is 28.6 Å². The Morgan fingerprint density at radius 1 is 0.867 bits per heavy atom. The van der Waals surface area contributed by atoms with E-state index in [4.69, 9.17) is 24.2 Å². The van der Waals surface area contributed by atoms with Gasteiger partial charge in [0.25, 0.3) is 0 Å². The molecule has 0 spiro atoms. The summed E-state index contributed by atoms with van der Waals surface area (Å²) in [5.41, 5.74) is 0.189. The molecule has 2 atom stereocenters. The van der Waals surface area contributed by atoms with Gasteiger partial charge in [0.1, 0.15) is 40.3 Å². The number of carbonyl (C=O) groups excluding carboxylic acids is 2. The molecule has 5 aliphatic rings. The molecule has 0 radical (unpaired) electrons. The summed E-state index contributed by atoms with van der Waals surface area (Å²) in [6.07, 6.45) is 6.29. The number of pyridine rings is 1. The molecule has 3 aromatic carbocycles. The number of piperazine rings is 1. The Kier molecular flexibility index (Phi) is 13.5. The van der Waals surface area contributed by atoms with Crippen molar-refractivity contribution in [3.8, 4) is 23.0 Å². The molecule has 6 aromatic rings. The molecule has 5 fully saturated rings. The number of hydrogen-bond donors (Lipinski definition) is 2. The molecule has 1 saturated carbocycles. The summed E-state index contributed by atoms with van der Waals surface area (Å²) in [5.74, 6) is -1.12. The van der Waals surface area contributed by atoms with Crippen LogP contribution in [0.2, 0.25) is 0 Å². The van der Waals surface area contributed by atoms with Crippen molar-refractivity contribution >= 4 is 56.0 Å². The minimum absolute atomic E-state index is 0.00363. The summed E-state index contributed by atoms with van der Waals surface area (Å²) in [4.78, 5) is 60.8. The predicted molar refractivity (Wildman–Crippen MR) is 278 cm³/mol. The average molecular weight is 1040 g/mol. The van der Waals surface area contributed by atoms with Crippen LogP contribution in [0.1, 0.15) is 76.8 Å². The van der Waals surface area contributed by atoms with Gasteiger partial charge in [-0.15, -0.1) is 0 Å². The standard InChI is InChI=1S/C55H65F3N10O7/c1-5-37-40(56)9-7-34-25-36(75-33-73-4)27-38(45(34)37)47-46(57)48-39(28-59-47)49(67-18-6-13-53(2,72)29-67)62-51(61-48)74-32-54(14-15-54)30-64-19-16-55(58,17-20-64)31-65-21-23-66(24-22-65)35-8-10-41-43(26-35)63(3)52(71)68(41)42-11-12-44(69)60-50(42)70/h7-10,25-28,42,72H,5-6,11-24,29-33H2,1-4H3,(H,60,69,70)/t42?,53-/m1/s1. The maximum Gasteiger partial charge on any atom is 0.329 e. The number of nitrogens with one attached hydrogen (secondary N) is 1. The number of halogens is 3. The second-order valence-electron chi connectivity index (χ2n) is 21.9. The zero-order valence-corrected chi connectivity index (χ0v) is 43.1. The van der Waals surface area contributed by atoms with Gasteiger partial charge in [-0.05, 0) is 111 Å². The van der Waals surface area contributed by atoms with Crippen LogP contribution >= 0.6 is 0 Å². The number of anilines is 2. The third-order valence-electron chi connectivity index (χ3n) is 16.3. The summed E-state index contributed by atoms with van der Waals surface area (Å²) in [6, 6.07) is 11.5. The second-order valence-corrected chi connectivity index (χ2v) is 21.9. The van der Waals surface area contributed by atoms with Crippen molar-refractivity contribution in [1.29, 1.82) is 0 Å². The number of rotatable bonds is 15. The number of amides is 2. The van der Waals surface area contributed by atoms with E-state index in [1.165, 1.54) is 17.7 Å². The van der Waals surface area contributed by atoms with Gasteiger partial charge < -0.3 is 34.0 Å². The third-order valence-corrected chi connectivity index (χ3v) is 16.3. The number of β-amino-alcohol motifs (C(OH)–C–C–N with tert-alkyl or cyclic N) is 1. The van der Waals surface area contributed by atoms with Crippen molar-refractivity contribution in [2.24, 2.45) is 12.5 Å². The van der Waals surface area contributed by atoms with Crippen molar-refractivity contribution in [1.82, 2.24) is 39.2 Å². The number of aromatic nitrogens is 5. The van der Waals surface area contributed by atoms with Crippen LogP contribution in [0, 0.1) is 17.0 Å². The molecule has 2 N–H and O–H groups in total. The number of hydrogen-bond acceptors (Lipinski definition) is 14. The highest BCUT2D eigenvalue weighted by Crippen LogP contribution is 2.48. The lowest BCUT2D eigenvalue weighted by molar-refractivity contribution is -0.135. The fourth-order valence-electron chi connectivity index (χ4n) is 12.0. The van der Waals surface area contributed by atoms with Gasteiger partial charge in [0, 0.05) is 109 Å². The Morgan fingerprint density at radius 3 is 2.36 bits per heavy atom. The number of alkyl halides is 1. The lowest BCUT2D eigenvalue weighted by atomic mass is 9.91. The Balaban J connectivity index is 0.756. The number of benzene rings is 3. The van der Waals surface area contributed by atoms with E-state index in [2.05, 4.69) is 25.0 Å². The van der Waals surface area contributed by atoms with Crippen molar-refractivity contribution in [2.45, 2.75) is 88.9 Å². The molecule has 2 amide bonds. The van der Waals surface area contributed by atoms with Crippen molar-refractivity contribution in [3.63, 3.8) is 0 Å². The molecule has 11 rings (SSSR count). The number of fused-ring (bicyclic) bond motifs is 3. The zero-order chi connectivity index (χ0) is 52.4. The van der Waals surface area contributed by atoms with Crippen LogP contribution in [0.25, 0.3) is 44.0 Å². The Morgan fingerprint density at radius 2 is 1.64 bits per heavy atom. The molecule has 3 aromatic heterocycles. The maximum absolute atomic E-state index is 17.4. The van der Waals surface area contributed by atoms with E-state index in [-0.39, 0.29) is 67.0 Å². The summed E-state index contributed by atoms with van der Waals surface area (Å²) in [5, 5.41) is 15.1. The van der Waals surface area contributed by atoms with Crippen molar-refractivity contribution < 1.29 is 42.1 Å². The monoisotopic (exact) mass is 1030 g/mol. The first-order chi connectivity index (χ1) is 36.0. The number of methoxy groups -OCH3 is 1. The van der Waals surface area contributed by atoms with Gasteiger partial charge in [-0.2, -0.15) is 9.97 Å². The minimum atomic E-state index is -1.33. The topological polar surface area (TPSA) is 173 Å². The molecular weight excluding hydrogens is 970 g/mol. The molecule has 4 aliphatic heterocycles. The number of aryl methyl sites for hydroxylation is 2. The van der Waals surface area contributed by atoms with E-state index in [1.54, 1.807) is 42.9 Å². The quantitative estimate of drug-likeness (QED) is 0.0851. The number of likely N-dealkylation sites (tertiary alicyclic amines) is 1. The largest absolute Gasteiger partial charge is 0.468 e. The van der Waals surface area contributed by atoms with Crippen molar-refractivity contribution in [3.05, 3.63) is 76.3 Å². The second kappa shape index (κ2) is 20.0. The SMILES string of the molecule is CCc1c(F)ccc2cc(OCOC)cc(-c3ncc4c(N5CCC[C@@](C)(O)C5)nc(OCC5(CN6CCC(F)(CN7CCN(c8ccc9c(c8)n(C)c(=O)n9C8CCC(=O)NC8=O)CC7)CC6)CC5)nc4c3F)c12. The number of nitrogens with zero attached hydrogens (tertiary/aromatic N) is 9. The molecule has 17 nitrogen and oxygen atoms in total. The number of ether oxygens (including phenoxy) is 3. The first kappa shape index (κ1) is 50.8. The van der Waals surface area contributed by atoms with E-state index in [9.17, 15) is 19.5 Å². The fourth-order valence-corrected chi connectivity index (χ4v) is 12.0. The molecular formula is C55H65F3N10O7. The highest BCUT2D eigenvalue weighted by Gasteiger charge is 2.47. The van der Waals surface area contributed by atoms with E-state index in [1.807, 2.05) is 30.0 Å². The van der Waals surface area contributed by atoms with Gasteiger partial charge in [-0.25, -0.2) is 18.0 Å². The smallest absolute Gasteiger partial charge is 0.329 e. The van der Waals surface area contributed by atoms with E-state index < -0.39 is 34.9 Å². The Hall–Kier alpha value is -6.35. The molecule has 1 unspecified atom stereocenters. The lowest BCUT2D eigenvalue weighted by Gasteiger charge is -2.43. The molecule has 398 valence electrons. The maximum atomic E-state index is 17.4. The van der Waals surface area contributed by atoms with Gasteiger partial charge in [0.2, 0.25) is 11.8 Å². The molecule has 1 aliphatic carbocycles. The van der Waals surface area contributed by atoms with Gasteiger partial charge in [0.15, 0.2) is 12.6 Å². The molecule has 20 heteroatoms.